The van der Waals surface area contributed by atoms with Crippen LogP contribution in [0.3, 0.4) is 0 Å². The zero-order chi connectivity index (χ0) is 12.3. The SMILES string of the molecule is CC(C)(C)C(CCN)c1cc(F)cc(F)c1. The van der Waals surface area contributed by atoms with Gasteiger partial charge in [-0.1, -0.05) is 20.8 Å². The van der Waals surface area contributed by atoms with Gasteiger partial charge in [0.1, 0.15) is 11.6 Å². The molecule has 1 atom stereocenters. The maximum absolute atomic E-state index is 13.1. The first kappa shape index (κ1) is 13.1. The van der Waals surface area contributed by atoms with Gasteiger partial charge in [0.2, 0.25) is 0 Å². The van der Waals surface area contributed by atoms with Gasteiger partial charge >= 0.3 is 0 Å². The Kier molecular flexibility index (Phi) is 4.03. The number of hydrogen-bond donors (Lipinski definition) is 1. The molecule has 0 aromatic heterocycles. The van der Waals surface area contributed by atoms with Crippen molar-refractivity contribution in [2.45, 2.75) is 33.1 Å². The van der Waals surface area contributed by atoms with E-state index in [1.165, 1.54) is 12.1 Å². The average molecular weight is 227 g/mol. The Morgan fingerprint density at radius 2 is 1.62 bits per heavy atom. The summed E-state index contributed by atoms with van der Waals surface area (Å²) < 4.78 is 26.3. The Hall–Kier alpha value is -0.960. The number of rotatable bonds is 3. The van der Waals surface area contributed by atoms with Gasteiger partial charge in [0, 0.05) is 6.07 Å². The predicted octanol–water partition coefficient (Wildman–Crippen LogP) is 3.44. The van der Waals surface area contributed by atoms with Crippen molar-refractivity contribution in [2.24, 2.45) is 11.1 Å². The molecule has 3 heteroatoms. The molecule has 1 unspecified atom stereocenters. The number of nitrogens with two attached hydrogens (primary N) is 1. The first-order valence-corrected chi connectivity index (χ1v) is 5.50. The van der Waals surface area contributed by atoms with Gasteiger partial charge < -0.3 is 5.73 Å². The minimum atomic E-state index is -0.527. The molecule has 0 fully saturated rings. The van der Waals surface area contributed by atoms with Gasteiger partial charge in [-0.2, -0.15) is 0 Å². The molecule has 1 aromatic carbocycles. The number of halogens is 2. The highest BCUT2D eigenvalue weighted by atomic mass is 19.1. The second-order valence-electron chi connectivity index (χ2n) is 5.20. The third-order valence-electron chi connectivity index (χ3n) is 2.79. The lowest BCUT2D eigenvalue weighted by Gasteiger charge is -2.31. The van der Waals surface area contributed by atoms with Crippen molar-refractivity contribution in [3.8, 4) is 0 Å². The van der Waals surface area contributed by atoms with E-state index >= 15 is 0 Å². The number of benzene rings is 1. The van der Waals surface area contributed by atoms with E-state index in [0.717, 1.165) is 12.5 Å². The van der Waals surface area contributed by atoms with E-state index in [0.29, 0.717) is 12.1 Å². The zero-order valence-corrected chi connectivity index (χ0v) is 10.1. The number of hydrogen-bond acceptors (Lipinski definition) is 1. The van der Waals surface area contributed by atoms with E-state index in [1.54, 1.807) is 0 Å². The molecule has 0 aliphatic rings. The van der Waals surface area contributed by atoms with Crippen molar-refractivity contribution in [2.75, 3.05) is 6.54 Å². The van der Waals surface area contributed by atoms with E-state index in [9.17, 15) is 8.78 Å². The van der Waals surface area contributed by atoms with Crippen LogP contribution in [0.4, 0.5) is 8.78 Å². The molecule has 0 bridgehead atoms. The van der Waals surface area contributed by atoms with Gasteiger partial charge in [-0.3, -0.25) is 0 Å². The van der Waals surface area contributed by atoms with Crippen LogP contribution in [0.5, 0.6) is 0 Å². The summed E-state index contributed by atoms with van der Waals surface area (Å²) in [4.78, 5) is 0. The third-order valence-corrected chi connectivity index (χ3v) is 2.79. The van der Waals surface area contributed by atoms with E-state index in [4.69, 9.17) is 5.73 Å². The van der Waals surface area contributed by atoms with E-state index in [-0.39, 0.29) is 11.3 Å². The molecule has 1 aromatic rings. The molecular formula is C13H19F2N. The van der Waals surface area contributed by atoms with Gasteiger partial charge in [0.05, 0.1) is 0 Å². The van der Waals surface area contributed by atoms with Crippen molar-refractivity contribution >= 4 is 0 Å². The lowest BCUT2D eigenvalue weighted by atomic mass is 9.74. The van der Waals surface area contributed by atoms with Crippen molar-refractivity contribution < 1.29 is 8.78 Å². The van der Waals surface area contributed by atoms with Crippen LogP contribution in [0.15, 0.2) is 18.2 Å². The fourth-order valence-electron chi connectivity index (χ4n) is 2.04. The average Bonchev–Trinajstić information content (AvgIpc) is 2.10. The van der Waals surface area contributed by atoms with Gasteiger partial charge in [0.25, 0.3) is 0 Å². The minimum absolute atomic E-state index is 0.0559. The zero-order valence-electron chi connectivity index (χ0n) is 10.1. The molecule has 1 rings (SSSR count). The fourth-order valence-corrected chi connectivity index (χ4v) is 2.04. The van der Waals surface area contributed by atoms with Gasteiger partial charge in [-0.15, -0.1) is 0 Å². The molecular weight excluding hydrogens is 208 g/mol. The maximum atomic E-state index is 13.1. The monoisotopic (exact) mass is 227 g/mol. The summed E-state index contributed by atoms with van der Waals surface area (Å²) in [6, 6.07) is 3.69. The normalized spacial score (nSPS) is 13.9. The van der Waals surface area contributed by atoms with E-state index in [1.807, 2.05) is 0 Å². The summed E-state index contributed by atoms with van der Waals surface area (Å²) in [7, 11) is 0. The molecule has 90 valence electrons. The summed E-state index contributed by atoms with van der Waals surface area (Å²) in [6.07, 6.45) is 0.729. The molecule has 16 heavy (non-hydrogen) atoms. The second-order valence-corrected chi connectivity index (χ2v) is 5.20. The molecule has 0 radical (unpaired) electrons. The smallest absolute Gasteiger partial charge is 0.126 e. The second kappa shape index (κ2) is 4.91. The van der Waals surface area contributed by atoms with Crippen molar-refractivity contribution in [1.82, 2.24) is 0 Å². The van der Waals surface area contributed by atoms with Crippen molar-refractivity contribution in [3.63, 3.8) is 0 Å². The summed E-state index contributed by atoms with van der Waals surface area (Å²) >= 11 is 0. The quantitative estimate of drug-likeness (QED) is 0.841. The molecule has 0 saturated carbocycles. The first-order valence-electron chi connectivity index (χ1n) is 5.50. The molecule has 0 aliphatic carbocycles. The molecule has 0 amide bonds. The highest BCUT2D eigenvalue weighted by molar-refractivity contribution is 5.23. The predicted molar refractivity (Wildman–Crippen MR) is 62.2 cm³/mol. The third kappa shape index (κ3) is 3.27. The molecule has 0 heterocycles. The lowest BCUT2D eigenvalue weighted by molar-refractivity contribution is 0.306. The first-order chi connectivity index (χ1) is 7.34. The van der Waals surface area contributed by atoms with Crippen LogP contribution in [0, 0.1) is 17.0 Å². The molecule has 1 nitrogen and oxygen atoms in total. The highest BCUT2D eigenvalue weighted by Gasteiger charge is 2.26. The molecule has 0 spiro atoms. The topological polar surface area (TPSA) is 26.0 Å². The van der Waals surface area contributed by atoms with Gasteiger partial charge in [0.15, 0.2) is 0 Å². The molecule has 0 aliphatic heterocycles. The van der Waals surface area contributed by atoms with Crippen LogP contribution in [-0.4, -0.2) is 6.54 Å². The van der Waals surface area contributed by atoms with Crippen molar-refractivity contribution in [1.29, 1.82) is 0 Å². The fraction of sp³-hybridized carbons (Fsp3) is 0.538. The summed E-state index contributed by atoms with van der Waals surface area (Å²) in [5.41, 5.74) is 6.19. The Bertz CT molecular complexity index is 335. The summed E-state index contributed by atoms with van der Waals surface area (Å²) in [6.45, 7) is 6.67. The minimum Gasteiger partial charge on any atom is -0.330 e. The maximum Gasteiger partial charge on any atom is 0.126 e. The van der Waals surface area contributed by atoms with E-state index in [2.05, 4.69) is 20.8 Å². The van der Waals surface area contributed by atoms with E-state index < -0.39 is 11.6 Å². The lowest BCUT2D eigenvalue weighted by Crippen LogP contribution is -2.21. The Morgan fingerprint density at radius 1 is 1.12 bits per heavy atom. The van der Waals surface area contributed by atoms with Gasteiger partial charge in [-0.25, -0.2) is 8.78 Å². The van der Waals surface area contributed by atoms with Crippen LogP contribution >= 0.6 is 0 Å². The molecule has 2 N–H and O–H groups in total. The van der Waals surface area contributed by atoms with Crippen LogP contribution in [0.2, 0.25) is 0 Å². The Labute approximate surface area is 95.7 Å². The van der Waals surface area contributed by atoms with Crippen LogP contribution in [0.25, 0.3) is 0 Å². The standard InChI is InChI=1S/C13H19F2N/c1-13(2,3)12(4-5-16)9-6-10(14)8-11(15)7-9/h6-8,12H,4-5,16H2,1-3H3. The highest BCUT2D eigenvalue weighted by Crippen LogP contribution is 2.37. The van der Waals surface area contributed by atoms with Crippen LogP contribution in [-0.2, 0) is 0 Å². The van der Waals surface area contributed by atoms with Gasteiger partial charge in [-0.05, 0) is 42.0 Å². The van der Waals surface area contributed by atoms with Crippen LogP contribution in [0.1, 0.15) is 38.7 Å². The molecule has 0 saturated heterocycles. The summed E-state index contributed by atoms with van der Waals surface area (Å²) in [5.74, 6) is -0.981. The largest absolute Gasteiger partial charge is 0.330 e. The summed E-state index contributed by atoms with van der Waals surface area (Å²) in [5, 5.41) is 0. The van der Waals surface area contributed by atoms with Crippen LogP contribution < -0.4 is 5.73 Å². The Balaban J connectivity index is 3.10. The van der Waals surface area contributed by atoms with Crippen molar-refractivity contribution in [3.05, 3.63) is 35.4 Å². The Morgan fingerprint density at radius 3 is 2.00 bits per heavy atom.